The van der Waals surface area contributed by atoms with Crippen LogP contribution in [0.15, 0.2) is 22.5 Å². The number of rotatable bonds is 0. The van der Waals surface area contributed by atoms with Gasteiger partial charge in [-0.3, -0.25) is 0 Å². The van der Waals surface area contributed by atoms with Gasteiger partial charge in [-0.15, -0.1) is 0 Å². The average molecular weight is 245 g/mol. The molecule has 1 aliphatic heterocycles. The first kappa shape index (κ1) is 12.3. The molecule has 0 saturated heterocycles. The third-order valence-corrected chi connectivity index (χ3v) is 5.10. The molecule has 0 atom stereocenters. The van der Waals surface area contributed by atoms with Crippen LogP contribution >= 0.6 is 0 Å². The van der Waals surface area contributed by atoms with Crippen molar-refractivity contribution in [2.75, 3.05) is 0 Å². The van der Waals surface area contributed by atoms with E-state index in [4.69, 9.17) is 0 Å². The van der Waals surface area contributed by atoms with E-state index in [-0.39, 0.29) is 0 Å². The van der Waals surface area contributed by atoms with Crippen molar-refractivity contribution in [2.24, 2.45) is 10.8 Å². The highest BCUT2D eigenvalue weighted by atomic mass is 14.9. The molecule has 0 bridgehead atoms. The summed E-state index contributed by atoms with van der Waals surface area (Å²) in [5.74, 6) is 0. The van der Waals surface area contributed by atoms with Crippen molar-refractivity contribution in [3.8, 4) is 0 Å². The fourth-order valence-electron chi connectivity index (χ4n) is 3.76. The Hall–Kier alpha value is -0.720. The van der Waals surface area contributed by atoms with Crippen LogP contribution in [-0.2, 0) is 0 Å². The molecule has 18 heavy (non-hydrogen) atoms. The minimum atomic E-state index is 0.494. The topological polar surface area (TPSA) is 12.0 Å². The lowest BCUT2D eigenvalue weighted by Crippen LogP contribution is -2.33. The highest BCUT2D eigenvalue weighted by Crippen LogP contribution is 2.47. The molecular formula is C17H27N. The van der Waals surface area contributed by atoms with Crippen molar-refractivity contribution < 1.29 is 0 Å². The van der Waals surface area contributed by atoms with E-state index in [0.29, 0.717) is 10.8 Å². The number of hydrogen-bond acceptors (Lipinski definition) is 1. The van der Waals surface area contributed by atoms with E-state index >= 15 is 0 Å². The number of allylic oxidation sites excluding steroid dienone is 4. The molecular weight excluding hydrogens is 218 g/mol. The fraction of sp³-hybridized carbons (Fsp3) is 0.765. The molecule has 1 heteroatoms. The third-order valence-electron chi connectivity index (χ3n) is 5.10. The van der Waals surface area contributed by atoms with E-state index < -0.39 is 0 Å². The Morgan fingerprint density at radius 3 is 1.67 bits per heavy atom. The van der Waals surface area contributed by atoms with Gasteiger partial charge in [0.15, 0.2) is 0 Å². The van der Waals surface area contributed by atoms with Crippen molar-refractivity contribution in [1.29, 1.82) is 0 Å². The zero-order chi connectivity index (χ0) is 13.0. The van der Waals surface area contributed by atoms with Gasteiger partial charge >= 0.3 is 0 Å². The molecule has 1 N–H and O–H groups in total. The van der Waals surface area contributed by atoms with Crippen molar-refractivity contribution in [3.63, 3.8) is 0 Å². The molecule has 0 unspecified atom stereocenters. The molecule has 0 aromatic carbocycles. The maximum Gasteiger partial charge on any atom is 0.0149 e. The van der Waals surface area contributed by atoms with E-state index in [1.807, 2.05) is 0 Å². The summed E-state index contributed by atoms with van der Waals surface area (Å²) in [6.45, 7) is 9.64. The van der Waals surface area contributed by atoms with Crippen molar-refractivity contribution in [2.45, 2.75) is 72.6 Å². The zero-order valence-electron chi connectivity index (χ0n) is 12.4. The van der Waals surface area contributed by atoms with Crippen LogP contribution in [0.1, 0.15) is 72.6 Å². The molecule has 0 amide bonds. The van der Waals surface area contributed by atoms with Gasteiger partial charge in [0.05, 0.1) is 0 Å². The maximum absolute atomic E-state index is 3.83. The lowest BCUT2D eigenvalue weighted by molar-refractivity contribution is 0.279. The van der Waals surface area contributed by atoms with Crippen molar-refractivity contribution >= 4 is 0 Å². The predicted octanol–water partition coefficient (Wildman–Crippen LogP) is 4.91. The minimum Gasteiger partial charge on any atom is -0.362 e. The SMILES string of the molecule is CC1(C)CCC2=C(C1)NC1=C(CCC(C)(C)C1)C2. The lowest BCUT2D eigenvalue weighted by atomic mass is 9.70. The van der Waals surface area contributed by atoms with Crippen LogP contribution in [0.25, 0.3) is 0 Å². The van der Waals surface area contributed by atoms with Gasteiger partial charge in [0.2, 0.25) is 0 Å². The summed E-state index contributed by atoms with van der Waals surface area (Å²) in [5.41, 5.74) is 7.56. The fourth-order valence-corrected chi connectivity index (χ4v) is 3.76. The minimum absolute atomic E-state index is 0.494. The van der Waals surface area contributed by atoms with Crippen LogP contribution in [0.5, 0.6) is 0 Å². The number of hydrogen-bond donors (Lipinski definition) is 1. The molecule has 1 heterocycles. The van der Waals surface area contributed by atoms with Gasteiger partial charge < -0.3 is 5.32 Å². The summed E-state index contributed by atoms with van der Waals surface area (Å²) in [4.78, 5) is 0. The highest BCUT2D eigenvalue weighted by molar-refractivity contribution is 5.36. The molecule has 100 valence electrons. The maximum atomic E-state index is 3.83. The molecule has 3 aliphatic rings. The molecule has 2 aliphatic carbocycles. The Morgan fingerprint density at radius 1 is 0.778 bits per heavy atom. The average Bonchev–Trinajstić information content (AvgIpc) is 2.24. The van der Waals surface area contributed by atoms with Crippen LogP contribution in [0.4, 0.5) is 0 Å². The van der Waals surface area contributed by atoms with Crippen LogP contribution in [-0.4, -0.2) is 0 Å². The van der Waals surface area contributed by atoms with Crippen molar-refractivity contribution in [3.05, 3.63) is 22.5 Å². The second kappa shape index (κ2) is 3.88. The molecule has 0 aromatic heterocycles. The molecule has 3 rings (SSSR count). The van der Waals surface area contributed by atoms with Gasteiger partial charge in [-0.25, -0.2) is 0 Å². The standard InChI is InChI=1S/C17H27N/c1-16(2)7-5-12-9-13-6-8-17(3,4)11-15(13)18-14(12)10-16/h18H,5-11H2,1-4H3. The first-order valence-electron chi connectivity index (χ1n) is 7.54. The van der Waals surface area contributed by atoms with E-state index in [1.54, 1.807) is 22.5 Å². The quantitative estimate of drug-likeness (QED) is 0.639. The van der Waals surface area contributed by atoms with E-state index in [2.05, 4.69) is 33.0 Å². The molecule has 0 radical (unpaired) electrons. The second-order valence-corrected chi connectivity index (χ2v) is 8.15. The first-order chi connectivity index (χ1) is 8.35. The lowest BCUT2D eigenvalue weighted by Gasteiger charge is -2.41. The number of nitrogens with one attached hydrogen (secondary N) is 1. The number of dihydropyridines is 1. The Labute approximate surface area is 112 Å². The molecule has 0 spiro atoms. The Kier molecular flexibility index (Phi) is 2.66. The Morgan fingerprint density at radius 2 is 1.22 bits per heavy atom. The van der Waals surface area contributed by atoms with Crippen LogP contribution < -0.4 is 5.32 Å². The summed E-state index contributed by atoms with van der Waals surface area (Å²) in [7, 11) is 0. The van der Waals surface area contributed by atoms with Crippen LogP contribution in [0.2, 0.25) is 0 Å². The van der Waals surface area contributed by atoms with Gasteiger partial charge in [-0.2, -0.15) is 0 Å². The largest absolute Gasteiger partial charge is 0.362 e. The van der Waals surface area contributed by atoms with Crippen molar-refractivity contribution in [1.82, 2.24) is 5.32 Å². The van der Waals surface area contributed by atoms with Crippen LogP contribution in [0, 0.1) is 10.8 Å². The summed E-state index contributed by atoms with van der Waals surface area (Å²) in [6, 6.07) is 0. The highest BCUT2D eigenvalue weighted by Gasteiger charge is 2.34. The van der Waals surface area contributed by atoms with Gasteiger partial charge in [0.1, 0.15) is 0 Å². The molecule has 1 nitrogen and oxygen atoms in total. The Balaban J connectivity index is 1.82. The summed E-state index contributed by atoms with van der Waals surface area (Å²) in [6.07, 6.45) is 9.14. The van der Waals surface area contributed by atoms with Gasteiger partial charge in [0, 0.05) is 11.4 Å². The first-order valence-corrected chi connectivity index (χ1v) is 7.54. The summed E-state index contributed by atoms with van der Waals surface area (Å²) in [5, 5.41) is 3.83. The van der Waals surface area contributed by atoms with E-state index in [9.17, 15) is 0 Å². The van der Waals surface area contributed by atoms with Crippen LogP contribution in [0.3, 0.4) is 0 Å². The molecule has 0 saturated carbocycles. The van der Waals surface area contributed by atoms with Gasteiger partial charge in [-0.05, 0) is 66.9 Å². The monoisotopic (exact) mass is 245 g/mol. The summed E-state index contributed by atoms with van der Waals surface area (Å²) < 4.78 is 0. The predicted molar refractivity (Wildman–Crippen MR) is 77.1 cm³/mol. The second-order valence-electron chi connectivity index (χ2n) is 8.15. The smallest absolute Gasteiger partial charge is 0.0149 e. The summed E-state index contributed by atoms with van der Waals surface area (Å²) >= 11 is 0. The molecule has 0 fully saturated rings. The van der Waals surface area contributed by atoms with Gasteiger partial charge in [0.25, 0.3) is 0 Å². The third kappa shape index (κ3) is 2.24. The zero-order valence-corrected chi connectivity index (χ0v) is 12.4. The normalized spacial score (nSPS) is 29.6. The van der Waals surface area contributed by atoms with Gasteiger partial charge in [-0.1, -0.05) is 27.7 Å². The Bertz CT molecular complexity index is 395. The van der Waals surface area contributed by atoms with E-state index in [1.165, 1.54) is 44.9 Å². The van der Waals surface area contributed by atoms with E-state index in [0.717, 1.165) is 0 Å². The molecule has 0 aromatic rings.